The van der Waals surface area contributed by atoms with Crippen LogP contribution in [0.1, 0.15) is 23.7 Å². The molecule has 0 radical (unpaired) electrons. The van der Waals surface area contributed by atoms with Gasteiger partial charge >= 0.3 is 5.97 Å². The molecule has 1 heterocycles. The zero-order valence-corrected chi connectivity index (χ0v) is 11.1. The van der Waals surface area contributed by atoms with Crippen molar-refractivity contribution >= 4 is 17.6 Å². The van der Waals surface area contributed by atoms with Gasteiger partial charge in [-0.1, -0.05) is 18.5 Å². The van der Waals surface area contributed by atoms with Crippen LogP contribution in [-0.2, 0) is 6.54 Å². The molecule has 0 unspecified atom stereocenters. The molecule has 1 N–H and O–H groups in total. The van der Waals surface area contributed by atoms with Crippen LogP contribution in [0, 0.1) is 0 Å². The Kier molecular flexibility index (Phi) is 4.06. The second-order valence-electron chi connectivity index (χ2n) is 3.99. The van der Waals surface area contributed by atoms with E-state index in [0.717, 1.165) is 13.0 Å². The van der Waals surface area contributed by atoms with E-state index in [1.807, 2.05) is 6.92 Å². The number of hydrogen-bond donors (Lipinski definition) is 1. The molecule has 0 bridgehead atoms. The predicted octanol–water partition coefficient (Wildman–Crippen LogP) is 3.44. The molecule has 5 nitrogen and oxygen atoms in total. The number of aromatic carboxylic acids is 1. The van der Waals surface area contributed by atoms with Crippen LogP contribution in [0.3, 0.4) is 0 Å². The lowest BCUT2D eigenvalue weighted by atomic mass is 10.2. The number of halogens is 1. The molecule has 100 valence electrons. The van der Waals surface area contributed by atoms with Gasteiger partial charge < -0.3 is 9.84 Å². The monoisotopic (exact) mass is 280 g/mol. The lowest BCUT2D eigenvalue weighted by Gasteiger charge is -2.06. The van der Waals surface area contributed by atoms with Gasteiger partial charge in [-0.2, -0.15) is 5.10 Å². The fraction of sp³-hybridized carbons (Fsp3) is 0.231. The molecule has 0 atom stereocenters. The van der Waals surface area contributed by atoms with Gasteiger partial charge in [-0.15, -0.1) is 0 Å². The van der Waals surface area contributed by atoms with E-state index in [-0.39, 0.29) is 11.3 Å². The van der Waals surface area contributed by atoms with Crippen LogP contribution in [0.5, 0.6) is 11.5 Å². The Bertz CT molecular complexity index is 595. The second kappa shape index (κ2) is 5.75. The molecule has 0 spiro atoms. The highest BCUT2D eigenvalue weighted by Crippen LogP contribution is 2.27. The smallest absolute Gasteiger partial charge is 0.339 e. The highest BCUT2D eigenvalue weighted by Gasteiger charge is 2.13. The first-order valence-electron chi connectivity index (χ1n) is 5.83. The number of ether oxygens (including phenoxy) is 1. The first-order valence-corrected chi connectivity index (χ1v) is 6.21. The van der Waals surface area contributed by atoms with Crippen LogP contribution in [-0.4, -0.2) is 20.9 Å². The van der Waals surface area contributed by atoms with Crippen LogP contribution in [0.25, 0.3) is 0 Å². The van der Waals surface area contributed by atoms with Crippen LogP contribution >= 0.6 is 11.6 Å². The fourth-order valence-corrected chi connectivity index (χ4v) is 1.81. The fourth-order valence-electron chi connectivity index (χ4n) is 1.63. The minimum Gasteiger partial charge on any atom is -0.478 e. The van der Waals surface area contributed by atoms with E-state index < -0.39 is 5.97 Å². The molecule has 0 aliphatic carbocycles. The Labute approximate surface area is 115 Å². The molecule has 0 aliphatic heterocycles. The Hall–Kier alpha value is -2.01. The number of carbonyl (C=O) groups is 1. The molecule has 6 heteroatoms. The van der Waals surface area contributed by atoms with Crippen LogP contribution < -0.4 is 4.74 Å². The lowest BCUT2D eigenvalue weighted by molar-refractivity contribution is 0.0694. The summed E-state index contributed by atoms with van der Waals surface area (Å²) < 4.78 is 7.27. The number of hydrogen-bond acceptors (Lipinski definition) is 3. The first kappa shape index (κ1) is 13.4. The molecule has 0 aliphatic rings. The molecule has 1 aromatic carbocycles. The summed E-state index contributed by atoms with van der Waals surface area (Å²) in [6.07, 6.45) is 4.24. The molecule has 1 aromatic heterocycles. The number of benzene rings is 1. The van der Waals surface area contributed by atoms with Crippen molar-refractivity contribution in [1.29, 1.82) is 0 Å². The van der Waals surface area contributed by atoms with Gasteiger partial charge in [0.25, 0.3) is 0 Å². The minimum atomic E-state index is -1.08. The molecule has 0 saturated heterocycles. The number of aromatic nitrogens is 2. The summed E-state index contributed by atoms with van der Waals surface area (Å²) in [6, 6.07) is 4.47. The molecule has 2 rings (SSSR count). The Balaban J connectivity index is 2.24. The summed E-state index contributed by atoms with van der Waals surface area (Å²) in [6.45, 7) is 2.83. The third-order valence-electron chi connectivity index (χ3n) is 2.46. The summed E-state index contributed by atoms with van der Waals surface area (Å²) in [5.74, 6) is -0.343. The van der Waals surface area contributed by atoms with E-state index in [1.165, 1.54) is 12.1 Å². The summed E-state index contributed by atoms with van der Waals surface area (Å²) >= 11 is 5.77. The van der Waals surface area contributed by atoms with E-state index in [4.69, 9.17) is 21.4 Å². The van der Waals surface area contributed by atoms with Gasteiger partial charge in [-0.05, 0) is 24.6 Å². The van der Waals surface area contributed by atoms with Crippen molar-refractivity contribution in [3.05, 3.63) is 41.2 Å². The van der Waals surface area contributed by atoms with Crippen molar-refractivity contribution in [2.75, 3.05) is 0 Å². The number of rotatable bonds is 5. The number of carboxylic acids is 1. The Morgan fingerprint density at radius 1 is 1.53 bits per heavy atom. The van der Waals surface area contributed by atoms with Crippen LogP contribution in [0.15, 0.2) is 30.6 Å². The maximum atomic E-state index is 11.1. The van der Waals surface area contributed by atoms with E-state index in [2.05, 4.69) is 5.10 Å². The molecule has 0 fully saturated rings. The Morgan fingerprint density at radius 2 is 2.32 bits per heavy atom. The summed E-state index contributed by atoms with van der Waals surface area (Å²) in [7, 11) is 0. The average molecular weight is 281 g/mol. The van der Waals surface area contributed by atoms with Gasteiger partial charge in [0.15, 0.2) is 5.75 Å². The SMILES string of the molecule is CCCn1cc(Oc2ccc(Cl)cc2C(=O)O)cn1. The van der Waals surface area contributed by atoms with Crippen molar-refractivity contribution in [3.8, 4) is 11.5 Å². The van der Waals surface area contributed by atoms with Gasteiger partial charge in [-0.25, -0.2) is 4.79 Å². The van der Waals surface area contributed by atoms with E-state index in [1.54, 1.807) is 23.1 Å². The summed E-state index contributed by atoms with van der Waals surface area (Å²) in [5.41, 5.74) is 0.0238. The van der Waals surface area contributed by atoms with E-state index >= 15 is 0 Å². The van der Waals surface area contributed by atoms with Crippen molar-refractivity contribution < 1.29 is 14.6 Å². The quantitative estimate of drug-likeness (QED) is 0.911. The van der Waals surface area contributed by atoms with E-state index in [9.17, 15) is 4.79 Å². The standard InChI is InChI=1S/C13H13ClN2O3/c1-2-5-16-8-10(7-15-16)19-12-4-3-9(14)6-11(12)13(17)18/h3-4,6-8H,2,5H2,1H3,(H,17,18). The third kappa shape index (κ3) is 3.26. The molecular formula is C13H13ClN2O3. The van der Waals surface area contributed by atoms with Crippen molar-refractivity contribution in [3.63, 3.8) is 0 Å². The largest absolute Gasteiger partial charge is 0.478 e. The molecule has 0 amide bonds. The first-order chi connectivity index (χ1) is 9.10. The second-order valence-corrected chi connectivity index (χ2v) is 4.42. The zero-order chi connectivity index (χ0) is 13.8. The predicted molar refractivity (Wildman–Crippen MR) is 71.0 cm³/mol. The van der Waals surface area contributed by atoms with Gasteiger partial charge in [0.1, 0.15) is 11.3 Å². The van der Waals surface area contributed by atoms with Crippen LogP contribution in [0.2, 0.25) is 5.02 Å². The van der Waals surface area contributed by atoms with Gasteiger partial charge in [0.2, 0.25) is 0 Å². The zero-order valence-electron chi connectivity index (χ0n) is 10.3. The maximum Gasteiger partial charge on any atom is 0.339 e. The third-order valence-corrected chi connectivity index (χ3v) is 2.70. The normalized spacial score (nSPS) is 10.4. The van der Waals surface area contributed by atoms with Crippen molar-refractivity contribution in [2.24, 2.45) is 0 Å². The number of nitrogens with zero attached hydrogens (tertiary/aromatic N) is 2. The minimum absolute atomic E-state index is 0.0238. The molecule has 0 saturated carbocycles. The highest BCUT2D eigenvalue weighted by molar-refractivity contribution is 6.31. The van der Waals surface area contributed by atoms with Gasteiger partial charge in [0.05, 0.1) is 12.4 Å². The van der Waals surface area contributed by atoms with Gasteiger partial charge in [-0.3, -0.25) is 4.68 Å². The number of aryl methyl sites for hydroxylation is 1. The Morgan fingerprint density at radius 3 is 3.00 bits per heavy atom. The molecule has 19 heavy (non-hydrogen) atoms. The van der Waals surface area contributed by atoms with Crippen LogP contribution in [0.4, 0.5) is 0 Å². The average Bonchev–Trinajstić information content (AvgIpc) is 2.79. The molecular weight excluding hydrogens is 268 g/mol. The lowest BCUT2D eigenvalue weighted by Crippen LogP contribution is -1.99. The summed E-state index contributed by atoms with van der Waals surface area (Å²) in [4.78, 5) is 11.1. The van der Waals surface area contributed by atoms with E-state index in [0.29, 0.717) is 10.8 Å². The molecule has 2 aromatic rings. The van der Waals surface area contributed by atoms with Crippen molar-refractivity contribution in [1.82, 2.24) is 9.78 Å². The van der Waals surface area contributed by atoms with Gasteiger partial charge in [0, 0.05) is 11.6 Å². The van der Waals surface area contributed by atoms with Crippen molar-refractivity contribution in [2.45, 2.75) is 19.9 Å². The topological polar surface area (TPSA) is 64.3 Å². The number of carboxylic acid groups (broad SMARTS) is 1. The maximum absolute atomic E-state index is 11.1. The summed E-state index contributed by atoms with van der Waals surface area (Å²) in [5, 5.41) is 13.6. The highest BCUT2D eigenvalue weighted by atomic mass is 35.5.